The first-order chi connectivity index (χ1) is 9.08. The zero-order chi connectivity index (χ0) is 14.0. The standard InChI is InChI=1S/C14H17FN2OS/c1-8-7-12(19-9(8)2)14(17-16)10-5-4-6-11(18-3)13(10)15/h4-7,14,17H,16H2,1-3H3. The van der Waals surface area contributed by atoms with Gasteiger partial charge in [0.05, 0.1) is 13.2 Å². The van der Waals surface area contributed by atoms with Crippen molar-refractivity contribution >= 4 is 11.3 Å². The monoisotopic (exact) mass is 280 g/mol. The number of nitrogens with one attached hydrogen (secondary N) is 1. The Balaban J connectivity index is 2.48. The Morgan fingerprint density at radius 2 is 2.11 bits per heavy atom. The molecule has 3 N–H and O–H groups in total. The molecular formula is C14H17FN2OS. The summed E-state index contributed by atoms with van der Waals surface area (Å²) in [7, 11) is 1.45. The number of thiophene rings is 1. The van der Waals surface area contributed by atoms with E-state index in [0.29, 0.717) is 5.56 Å². The maximum absolute atomic E-state index is 14.3. The van der Waals surface area contributed by atoms with E-state index >= 15 is 0 Å². The summed E-state index contributed by atoms with van der Waals surface area (Å²) in [6.07, 6.45) is 0. The van der Waals surface area contributed by atoms with Gasteiger partial charge in [0.15, 0.2) is 11.6 Å². The molecule has 2 aromatic rings. The minimum atomic E-state index is -0.378. The molecular weight excluding hydrogens is 263 g/mol. The number of ether oxygens (including phenoxy) is 1. The molecule has 0 aliphatic heterocycles. The van der Waals surface area contributed by atoms with Crippen LogP contribution in [0.15, 0.2) is 24.3 Å². The van der Waals surface area contributed by atoms with Crippen molar-refractivity contribution in [2.24, 2.45) is 5.84 Å². The highest BCUT2D eigenvalue weighted by atomic mass is 32.1. The molecule has 0 saturated heterocycles. The van der Waals surface area contributed by atoms with Gasteiger partial charge in [-0.15, -0.1) is 11.3 Å². The molecule has 2 rings (SSSR count). The molecule has 0 spiro atoms. The molecule has 1 unspecified atom stereocenters. The van der Waals surface area contributed by atoms with Gasteiger partial charge in [-0.3, -0.25) is 5.84 Å². The van der Waals surface area contributed by atoms with Gasteiger partial charge in [0.2, 0.25) is 0 Å². The van der Waals surface area contributed by atoms with Crippen LogP contribution in [0.25, 0.3) is 0 Å². The summed E-state index contributed by atoms with van der Waals surface area (Å²) >= 11 is 1.61. The average Bonchev–Trinajstić information content (AvgIpc) is 2.72. The second-order valence-corrected chi connectivity index (χ2v) is 5.64. The summed E-state index contributed by atoms with van der Waals surface area (Å²) in [4.78, 5) is 2.20. The first-order valence-electron chi connectivity index (χ1n) is 5.94. The lowest BCUT2D eigenvalue weighted by Crippen LogP contribution is -2.29. The molecule has 0 amide bonds. The molecule has 0 radical (unpaired) electrons. The van der Waals surface area contributed by atoms with Crippen LogP contribution in [-0.2, 0) is 0 Å². The highest BCUT2D eigenvalue weighted by Gasteiger charge is 2.21. The number of halogens is 1. The molecule has 3 nitrogen and oxygen atoms in total. The number of hydrogen-bond acceptors (Lipinski definition) is 4. The van der Waals surface area contributed by atoms with Crippen molar-refractivity contribution in [3.63, 3.8) is 0 Å². The van der Waals surface area contributed by atoms with Crippen LogP contribution in [0, 0.1) is 19.7 Å². The number of hydrazine groups is 1. The molecule has 0 fully saturated rings. The summed E-state index contributed by atoms with van der Waals surface area (Å²) in [6, 6.07) is 6.73. The molecule has 1 atom stereocenters. The van der Waals surface area contributed by atoms with Crippen molar-refractivity contribution in [2.75, 3.05) is 7.11 Å². The number of hydrogen-bond donors (Lipinski definition) is 2. The fourth-order valence-electron chi connectivity index (χ4n) is 1.98. The third kappa shape index (κ3) is 2.63. The summed E-state index contributed by atoms with van der Waals surface area (Å²) in [5.41, 5.74) is 4.36. The predicted molar refractivity (Wildman–Crippen MR) is 75.9 cm³/mol. The number of aryl methyl sites for hydroxylation is 2. The van der Waals surface area contributed by atoms with Gasteiger partial charge in [-0.05, 0) is 31.5 Å². The number of rotatable bonds is 4. The molecule has 0 aliphatic rings. The largest absolute Gasteiger partial charge is 0.494 e. The van der Waals surface area contributed by atoms with E-state index in [4.69, 9.17) is 10.6 Å². The van der Waals surface area contributed by atoms with Gasteiger partial charge in [0, 0.05) is 15.3 Å². The van der Waals surface area contributed by atoms with E-state index in [9.17, 15) is 4.39 Å². The summed E-state index contributed by atoms with van der Waals surface area (Å²) in [6.45, 7) is 4.07. The molecule has 1 heterocycles. The third-order valence-corrected chi connectivity index (χ3v) is 4.38. The average molecular weight is 280 g/mol. The van der Waals surface area contributed by atoms with Gasteiger partial charge in [0.25, 0.3) is 0 Å². The Kier molecular flexibility index (Phi) is 4.19. The number of nitrogens with two attached hydrogens (primary N) is 1. The number of benzene rings is 1. The quantitative estimate of drug-likeness (QED) is 0.668. The number of methoxy groups -OCH3 is 1. The second-order valence-electron chi connectivity index (χ2n) is 4.35. The van der Waals surface area contributed by atoms with E-state index in [-0.39, 0.29) is 17.6 Å². The Morgan fingerprint density at radius 3 is 2.63 bits per heavy atom. The molecule has 0 aliphatic carbocycles. The smallest absolute Gasteiger partial charge is 0.170 e. The van der Waals surface area contributed by atoms with Gasteiger partial charge < -0.3 is 4.74 Å². The summed E-state index contributed by atoms with van der Waals surface area (Å²) in [5, 5.41) is 0. The lowest BCUT2D eigenvalue weighted by Gasteiger charge is -2.16. The van der Waals surface area contributed by atoms with Crippen LogP contribution in [0.2, 0.25) is 0 Å². The van der Waals surface area contributed by atoms with Crippen molar-refractivity contribution in [2.45, 2.75) is 19.9 Å². The van der Waals surface area contributed by atoms with E-state index in [0.717, 1.165) is 4.88 Å². The highest BCUT2D eigenvalue weighted by molar-refractivity contribution is 7.12. The van der Waals surface area contributed by atoms with Crippen molar-refractivity contribution in [3.8, 4) is 5.75 Å². The molecule has 1 aromatic carbocycles. The second kappa shape index (κ2) is 5.69. The van der Waals surface area contributed by atoms with Gasteiger partial charge in [-0.2, -0.15) is 0 Å². The maximum atomic E-state index is 14.3. The zero-order valence-electron chi connectivity index (χ0n) is 11.2. The molecule has 19 heavy (non-hydrogen) atoms. The summed E-state index contributed by atoms with van der Waals surface area (Å²) < 4.78 is 19.3. The van der Waals surface area contributed by atoms with Crippen LogP contribution in [0.4, 0.5) is 4.39 Å². The minimum Gasteiger partial charge on any atom is -0.494 e. The fraction of sp³-hybridized carbons (Fsp3) is 0.286. The van der Waals surface area contributed by atoms with Gasteiger partial charge in [0.1, 0.15) is 0 Å². The van der Waals surface area contributed by atoms with Crippen molar-refractivity contribution in [1.29, 1.82) is 0 Å². The van der Waals surface area contributed by atoms with Gasteiger partial charge in [-0.1, -0.05) is 12.1 Å². The van der Waals surface area contributed by atoms with Crippen LogP contribution < -0.4 is 16.0 Å². The Hall–Kier alpha value is -1.43. The van der Waals surface area contributed by atoms with Crippen molar-refractivity contribution in [3.05, 3.63) is 51.0 Å². The third-order valence-electron chi connectivity index (χ3n) is 3.16. The van der Waals surface area contributed by atoms with Gasteiger partial charge >= 0.3 is 0 Å². The zero-order valence-corrected chi connectivity index (χ0v) is 12.0. The van der Waals surface area contributed by atoms with Crippen molar-refractivity contribution < 1.29 is 9.13 Å². The fourth-order valence-corrected chi connectivity index (χ4v) is 3.10. The Bertz CT molecular complexity index is 563. The van der Waals surface area contributed by atoms with Crippen LogP contribution in [0.1, 0.15) is 26.9 Å². The topological polar surface area (TPSA) is 47.3 Å². The van der Waals surface area contributed by atoms with Crippen LogP contribution in [0.3, 0.4) is 0 Å². The molecule has 1 aromatic heterocycles. The normalized spacial score (nSPS) is 12.5. The Morgan fingerprint density at radius 1 is 1.37 bits per heavy atom. The molecule has 102 valence electrons. The predicted octanol–water partition coefficient (Wildman–Crippen LogP) is 3.07. The van der Waals surface area contributed by atoms with E-state index in [1.165, 1.54) is 17.6 Å². The van der Waals surface area contributed by atoms with Crippen LogP contribution >= 0.6 is 11.3 Å². The lowest BCUT2D eigenvalue weighted by atomic mass is 10.0. The summed E-state index contributed by atoms with van der Waals surface area (Å²) in [5.74, 6) is 5.45. The van der Waals surface area contributed by atoms with Crippen LogP contribution in [-0.4, -0.2) is 7.11 Å². The van der Waals surface area contributed by atoms with Gasteiger partial charge in [-0.25, -0.2) is 9.82 Å². The van der Waals surface area contributed by atoms with E-state index < -0.39 is 0 Å². The highest BCUT2D eigenvalue weighted by Crippen LogP contribution is 2.33. The lowest BCUT2D eigenvalue weighted by molar-refractivity contribution is 0.382. The minimum absolute atomic E-state index is 0.225. The first-order valence-corrected chi connectivity index (χ1v) is 6.75. The van der Waals surface area contributed by atoms with E-state index in [1.54, 1.807) is 29.5 Å². The molecule has 0 bridgehead atoms. The first kappa shape index (κ1) is 14.0. The molecule has 5 heteroatoms. The van der Waals surface area contributed by atoms with Crippen LogP contribution in [0.5, 0.6) is 5.75 Å². The Labute approximate surface area is 116 Å². The SMILES string of the molecule is COc1cccc(C(NN)c2cc(C)c(C)s2)c1F. The van der Waals surface area contributed by atoms with E-state index in [2.05, 4.69) is 5.43 Å². The van der Waals surface area contributed by atoms with E-state index in [1.807, 2.05) is 19.9 Å². The maximum Gasteiger partial charge on any atom is 0.170 e. The molecule has 0 saturated carbocycles. The van der Waals surface area contributed by atoms with Crippen molar-refractivity contribution in [1.82, 2.24) is 5.43 Å².